The van der Waals surface area contributed by atoms with Gasteiger partial charge in [0.1, 0.15) is 0 Å². The van der Waals surface area contributed by atoms with Crippen LogP contribution in [0.25, 0.3) is 0 Å². The number of carbonyl (C=O) groups is 1. The van der Waals surface area contributed by atoms with E-state index in [9.17, 15) is 9.59 Å². The molecule has 0 unspecified atom stereocenters. The van der Waals surface area contributed by atoms with Crippen molar-refractivity contribution in [2.45, 2.75) is 51.2 Å². The summed E-state index contributed by atoms with van der Waals surface area (Å²) in [5.41, 5.74) is 2.89. The Bertz CT molecular complexity index is 756. The third-order valence-corrected chi connectivity index (χ3v) is 4.72. The van der Waals surface area contributed by atoms with Crippen molar-refractivity contribution < 1.29 is 4.79 Å². The van der Waals surface area contributed by atoms with Crippen molar-refractivity contribution >= 4 is 17.7 Å². The SMILES string of the molecule is CCCc1cc(=O)[nH]c(SCC(=O)N[C@@H](CC)c2ccc(C)cc2)n1. The lowest BCUT2D eigenvalue weighted by molar-refractivity contribution is -0.119. The molecule has 25 heavy (non-hydrogen) atoms. The van der Waals surface area contributed by atoms with Crippen molar-refractivity contribution in [1.29, 1.82) is 0 Å². The van der Waals surface area contributed by atoms with Crippen LogP contribution >= 0.6 is 11.8 Å². The Hall–Kier alpha value is -2.08. The van der Waals surface area contributed by atoms with Gasteiger partial charge in [0.25, 0.3) is 5.56 Å². The van der Waals surface area contributed by atoms with Gasteiger partial charge in [-0.1, -0.05) is 61.9 Å². The van der Waals surface area contributed by atoms with Gasteiger partial charge in [0.05, 0.1) is 11.8 Å². The molecule has 2 rings (SSSR count). The molecule has 0 radical (unpaired) electrons. The third-order valence-electron chi connectivity index (χ3n) is 3.84. The lowest BCUT2D eigenvalue weighted by atomic mass is 10.0. The maximum absolute atomic E-state index is 12.3. The zero-order valence-corrected chi connectivity index (χ0v) is 15.8. The standard InChI is InChI=1S/C19H25N3O2S/c1-4-6-15-11-17(23)22-19(20-15)25-12-18(24)21-16(5-2)14-9-7-13(3)8-10-14/h7-11,16H,4-6,12H2,1-3H3,(H,21,24)(H,20,22,23)/t16-/m0/s1. The largest absolute Gasteiger partial charge is 0.349 e. The Kier molecular flexibility index (Phi) is 7.25. The number of nitrogens with zero attached hydrogens (tertiary/aromatic N) is 1. The first-order chi connectivity index (χ1) is 12.0. The van der Waals surface area contributed by atoms with Crippen LogP contribution in [0.15, 0.2) is 40.3 Å². The van der Waals surface area contributed by atoms with E-state index in [1.165, 1.54) is 23.4 Å². The Morgan fingerprint density at radius 1 is 1.28 bits per heavy atom. The Balaban J connectivity index is 1.95. The molecule has 2 aromatic rings. The maximum atomic E-state index is 12.3. The molecule has 6 heteroatoms. The molecule has 0 aliphatic rings. The summed E-state index contributed by atoms with van der Waals surface area (Å²) in [6, 6.07) is 9.69. The molecule has 0 spiro atoms. The first kappa shape index (κ1) is 19.2. The van der Waals surface area contributed by atoms with Crippen molar-refractivity contribution in [3.8, 4) is 0 Å². The third kappa shape index (κ3) is 6.05. The van der Waals surface area contributed by atoms with Crippen molar-refractivity contribution in [3.63, 3.8) is 0 Å². The van der Waals surface area contributed by atoms with E-state index in [4.69, 9.17) is 0 Å². The van der Waals surface area contributed by atoms with Crippen molar-refractivity contribution in [1.82, 2.24) is 15.3 Å². The molecule has 0 saturated heterocycles. The molecular weight excluding hydrogens is 334 g/mol. The highest BCUT2D eigenvalue weighted by molar-refractivity contribution is 7.99. The van der Waals surface area contributed by atoms with Crippen molar-refractivity contribution in [2.75, 3.05) is 5.75 Å². The van der Waals surface area contributed by atoms with Gasteiger partial charge in [0, 0.05) is 11.8 Å². The van der Waals surface area contributed by atoms with Gasteiger partial charge >= 0.3 is 0 Å². The van der Waals surface area contributed by atoms with Crippen LogP contribution in [0.2, 0.25) is 0 Å². The predicted molar refractivity (Wildman–Crippen MR) is 102 cm³/mol. The summed E-state index contributed by atoms with van der Waals surface area (Å²) < 4.78 is 0. The van der Waals surface area contributed by atoms with E-state index in [0.29, 0.717) is 5.16 Å². The topological polar surface area (TPSA) is 74.8 Å². The Labute approximate surface area is 152 Å². The molecule has 134 valence electrons. The number of hydrogen-bond acceptors (Lipinski definition) is 4. The van der Waals surface area contributed by atoms with E-state index in [0.717, 1.165) is 30.5 Å². The fourth-order valence-electron chi connectivity index (χ4n) is 2.53. The fourth-order valence-corrected chi connectivity index (χ4v) is 3.23. The minimum absolute atomic E-state index is 0.00728. The zero-order chi connectivity index (χ0) is 18.2. The number of H-pyrrole nitrogens is 1. The predicted octanol–water partition coefficient (Wildman–Crippen LogP) is 3.39. The second-order valence-electron chi connectivity index (χ2n) is 6.02. The van der Waals surface area contributed by atoms with Gasteiger partial charge in [-0.3, -0.25) is 9.59 Å². The monoisotopic (exact) mass is 359 g/mol. The molecule has 1 atom stereocenters. The van der Waals surface area contributed by atoms with Gasteiger partial charge in [0.15, 0.2) is 5.16 Å². The summed E-state index contributed by atoms with van der Waals surface area (Å²) >= 11 is 1.25. The summed E-state index contributed by atoms with van der Waals surface area (Å²) in [6.45, 7) is 6.13. The van der Waals surface area contributed by atoms with Crippen LogP contribution in [0.5, 0.6) is 0 Å². The highest BCUT2D eigenvalue weighted by atomic mass is 32.2. The molecule has 0 saturated carbocycles. The van der Waals surface area contributed by atoms with Crippen molar-refractivity contribution in [2.24, 2.45) is 0 Å². The number of thioether (sulfide) groups is 1. The van der Waals surface area contributed by atoms with Crippen LogP contribution in [0.4, 0.5) is 0 Å². The lowest BCUT2D eigenvalue weighted by Gasteiger charge is -2.17. The van der Waals surface area contributed by atoms with Gasteiger partial charge in [-0.2, -0.15) is 0 Å². The van der Waals surface area contributed by atoms with Crippen LogP contribution in [0, 0.1) is 6.92 Å². The maximum Gasteiger partial charge on any atom is 0.251 e. The van der Waals surface area contributed by atoms with Gasteiger partial charge in [0.2, 0.25) is 5.91 Å². The van der Waals surface area contributed by atoms with Crippen LogP contribution in [0.3, 0.4) is 0 Å². The van der Waals surface area contributed by atoms with E-state index in [1.807, 2.05) is 45.0 Å². The number of nitrogens with one attached hydrogen (secondary N) is 2. The van der Waals surface area contributed by atoms with Gasteiger partial charge < -0.3 is 10.3 Å². The summed E-state index contributed by atoms with van der Waals surface area (Å²) in [5, 5.41) is 3.54. The molecule has 0 aliphatic carbocycles. The number of carbonyl (C=O) groups excluding carboxylic acids is 1. The van der Waals surface area contributed by atoms with Crippen LogP contribution in [-0.4, -0.2) is 21.6 Å². The second kappa shape index (κ2) is 9.42. The van der Waals surface area contributed by atoms with Gasteiger partial charge in [-0.15, -0.1) is 0 Å². The number of benzene rings is 1. The average Bonchev–Trinajstić information content (AvgIpc) is 2.58. The molecule has 1 amide bonds. The van der Waals surface area contributed by atoms with Gasteiger partial charge in [-0.05, 0) is 25.3 Å². The molecule has 0 fully saturated rings. The summed E-state index contributed by atoms with van der Waals surface area (Å²) in [5.74, 6) is 0.155. The number of rotatable bonds is 8. The van der Waals surface area contributed by atoms with E-state index in [-0.39, 0.29) is 23.3 Å². The number of hydrogen-bond donors (Lipinski definition) is 2. The molecular formula is C19H25N3O2S. The minimum Gasteiger partial charge on any atom is -0.349 e. The number of aromatic nitrogens is 2. The van der Waals surface area contributed by atoms with Crippen LogP contribution < -0.4 is 10.9 Å². The smallest absolute Gasteiger partial charge is 0.251 e. The van der Waals surface area contributed by atoms with Crippen LogP contribution in [-0.2, 0) is 11.2 Å². The van der Waals surface area contributed by atoms with E-state index in [1.54, 1.807) is 0 Å². The quantitative estimate of drug-likeness (QED) is 0.560. The molecule has 0 aliphatic heterocycles. The molecule has 1 aromatic heterocycles. The average molecular weight is 359 g/mol. The van der Waals surface area contributed by atoms with E-state index >= 15 is 0 Å². The first-order valence-corrected chi connectivity index (χ1v) is 9.59. The normalized spacial score (nSPS) is 12.0. The first-order valence-electron chi connectivity index (χ1n) is 8.60. The Morgan fingerprint density at radius 3 is 2.64 bits per heavy atom. The molecule has 5 nitrogen and oxygen atoms in total. The van der Waals surface area contributed by atoms with Gasteiger partial charge in [-0.25, -0.2) is 4.98 Å². The summed E-state index contributed by atoms with van der Waals surface area (Å²) in [6.07, 6.45) is 2.51. The number of aromatic amines is 1. The minimum atomic E-state index is -0.174. The molecule has 2 N–H and O–H groups in total. The second-order valence-corrected chi connectivity index (χ2v) is 6.98. The van der Waals surface area contributed by atoms with Crippen molar-refractivity contribution in [3.05, 3.63) is 57.5 Å². The summed E-state index contributed by atoms with van der Waals surface area (Å²) in [7, 11) is 0. The fraction of sp³-hybridized carbons (Fsp3) is 0.421. The highest BCUT2D eigenvalue weighted by Crippen LogP contribution is 2.18. The number of aryl methyl sites for hydroxylation is 2. The zero-order valence-electron chi connectivity index (χ0n) is 15.0. The van der Waals surface area contributed by atoms with E-state index in [2.05, 4.69) is 15.3 Å². The highest BCUT2D eigenvalue weighted by Gasteiger charge is 2.13. The number of amides is 1. The molecule has 1 aromatic carbocycles. The summed E-state index contributed by atoms with van der Waals surface area (Å²) in [4.78, 5) is 31.0. The molecule has 0 bridgehead atoms. The lowest BCUT2D eigenvalue weighted by Crippen LogP contribution is -2.29. The Morgan fingerprint density at radius 2 is 2.00 bits per heavy atom. The van der Waals surface area contributed by atoms with E-state index < -0.39 is 0 Å². The molecule has 1 heterocycles. The van der Waals surface area contributed by atoms with Crippen LogP contribution in [0.1, 0.15) is 49.6 Å².